The second kappa shape index (κ2) is 9.04. The Morgan fingerprint density at radius 3 is 2.84 bits per heavy atom. The van der Waals surface area contributed by atoms with Crippen LogP contribution in [0, 0.1) is 5.82 Å². The molecule has 8 nitrogen and oxygen atoms in total. The van der Waals surface area contributed by atoms with E-state index in [2.05, 4.69) is 20.1 Å². The van der Waals surface area contributed by atoms with Crippen LogP contribution in [0.1, 0.15) is 51.3 Å². The van der Waals surface area contributed by atoms with Crippen molar-refractivity contribution in [1.82, 2.24) is 19.1 Å². The van der Waals surface area contributed by atoms with Crippen molar-refractivity contribution in [1.29, 1.82) is 0 Å². The van der Waals surface area contributed by atoms with E-state index in [0.717, 1.165) is 38.1 Å². The quantitative estimate of drug-likeness (QED) is 0.731. The first kappa shape index (κ1) is 21.9. The lowest BCUT2D eigenvalue weighted by Gasteiger charge is -2.23. The third kappa shape index (κ3) is 4.50. The van der Waals surface area contributed by atoms with Crippen LogP contribution >= 0.6 is 0 Å². The van der Waals surface area contributed by atoms with Crippen molar-refractivity contribution in [3.05, 3.63) is 29.8 Å². The molecule has 1 saturated heterocycles. The summed E-state index contributed by atoms with van der Waals surface area (Å²) in [5.74, 6) is 0.492. The number of nitrogens with one attached hydrogen (secondary N) is 1. The fourth-order valence-corrected chi connectivity index (χ4v) is 6.13. The van der Waals surface area contributed by atoms with Crippen LogP contribution in [0.5, 0.6) is 0 Å². The molecule has 1 unspecified atom stereocenters. The monoisotopic (exact) mass is 449 g/mol. The number of carbonyl (C=O) groups is 1. The number of rotatable bonds is 6. The lowest BCUT2D eigenvalue weighted by Crippen LogP contribution is -2.44. The minimum absolute atomic E-state index is 0.00137. The van der Waals surface area contributed by atoms with E-state index < -0.39 is 27.8 Å². The molecule has 2 aliphatic heterocycles. The van der Waals surface area contributed by atoms with Crippen molar-refractivity contribution in [3.63, 3.8) is 0 Å². The molecule has 1 aromatic heterocycles. The normalized spacial score (nSPS) is 19.7. The van der Waals surface area contributed by atoms with Gasteiger partial charge in [-0.05, 0) is 50.3 Å². The molecule has 31 heavy (non-hydrogen) atoms. The van der Waals surface area contributed by atoms with Gasteiger partial charge in [-0.25, -0.2) is 12.8 Å². The van der Waals surface area contributed by atoms with Gasteiger partial charge in [-0.2, -0.15) is 4.31 Å². The molecule has 1 amide bonds. The number of hydrogen-bond donors (Lipinski definition) is 1. The summed E-state index contributed by atoms with van der Waals surface area (Å²) in [6.45, 7) is 2.91. The van der Waals surface area contributed by atoms with E-state index >= 15 is 0 Å². The zero-order valence-corrected chi connectivity index (χ0v) is 18.5. The summed E-state index contributed by atoms with van der Waals surface area (Å²) in [6, 6.07) is 3.66. The summed E-state index contributed by atoms with van der Waals surface area (Å²) in [7, 11) is -3.51. The highest BCUT2D eigenvalue weighted by Crippen LogP contribution is 2.28. The Hall–Kier alpha value is -2.33. The fraction of sp³-hybridized carbons (Fsp3) is 0.571. The van der Waals surface area contributed by atoms with Crippen LogP contribution in [0.15, 0.2) is 18.2 Å². The van der Waals surface area contributed by atoms with E-state index in [1.54, 1.807) is 19.1 Å². The number of halogens is 1. The summed E-state index contributed by atoms with van der Waals surface area (Å²) in [6.07, 6.45) is 5.61. The van der Waals surface area contributed by atoms with E-state index in [-0.39, 0.29) is 11.4 Å². The lowest BCUT2D eigenvalue weighted by atomic mass is 10.1. The first-order valence-electron chi connectivity index (χ1n) is 10.9. The van der Waals surface area contributed by atoms with Gasteiger partial charge in [0.15, 0.2) is 5.82 Å². The van der Waals surface area contributed by atoms with Crippen LogP contribution in [0.25, 0.3) is 11.4 Å². The Labute approximate surface area is 181 Å². The predicted molar refractivity (Wildman–Crippen MR) is 115 cm³/mol. The molecule has 3 heterocycles. The molecule has 1 fully saturated rings. The van der Waals surface area contributed by atoms with Gasteiger partial charge < -0.3 is 9.88 Å². The standard InChI is InChI=1S/C21H28FN5O3S/c1-2-13-31(29,30)27-12-6-7-18(27)21(28)23-17-14-15(9-10-16(17)22)20-25-24-19-8-4-3-5-11-26(19)20/h9-10,14,18H,2-8,11-13H2,1H3,(H,23,28). The highest BCUT2D eigenvalue weighted by Gasteiger charge is 2.38. The molecule has 2 aliphatic rings. The summed E-state index contributed by atoms with van der Waals surface area (Å²) >= 11 is 0. The van der Waals surface area contributed by atoms with Gasteiger partial charge in [-0.3, -0.25) is 4.79 Å². The maximum Gasteiger partial charge on any atom is 0.242 e. The molecule has 0 saturated carbocycles. The molecule has 4 rings (SSSR count). The van der Waals surface area contributed by atoms with Crippen molar-refractivity contribution in [2.24, 2.45) is 0 Å². The summed E-state index contributed by atoms with van der Waals surface area (Å²) in [5.41, 5.74) is 0.687. The number of fused-ring (bicyclic) bond motifs is 1. The molecule has 0 aliphatic carbocycles. The van der Waals surface area contributed by atoms with Gasteiger partial charge in [0.1, 0.15) is 17.7 Å². The van der Waals surface area contributed by atoms with Crippen LogP contribution in [-0.2, 0) is 27.8 Å². The van der Waals surface area contributed by atoms with Gasteiger partial charge >= 0.3 is 0 Å². The summed E-state index contributed by atoms with van der Waals surface area (Å²) in [4.78, 5) is 12.9. The Balaban J connectivity index is 1.57. The Morgan fingerprint density at radius 1 is 1.19 bits per heavy atom. The third-order valence-electron chi connectivity index (χ3n) is 5.92. The third-order valence-corrected chi connectivity index (χ3v) is 7.99. The molecule has 2 aromatic rings. The van der Waals surface area contributed by atoms with Crippen molar-refractivity contribution in [3.8, 4) is 11.4 Å². The molecule has 10 heteroatoms. The number of anilines is 1. The lowest BCUT2D eigenvalue weighted by molar-refractivity contribution is -0.119. The number of hydrogen-bond acceptors (Lipinski definition) is 5. The molecule has 1 aromatic carbocycles. The summed E-state index contributed by atoms with van der Waals surface area (Å²) in [5, 5.41) is 11.2. The molecule has 168 valence electrons. The van der Waals surface area contributed by atoms with E-state index in [9.17, 15) is 17.6 Å². The fourth-order valence-electron chi connectivity index (χ4n) is 4.39. The highest BCUT2D eigenvalue weighted by atomic mass is 32.2. The molecular weight excluding hydrogens is 421 g/mol. The van der Waals surface area contributed by atoms with E-state index in [0.29, 0.717) is 37.2 Å². The average molecular weight is 450 g/mol. The number of aryl methyl sites for hydroxylation is 1. The Bertz CT molecular complexity index is 1070. The predicted octanol–water partition coefficient (Wildman–Crippen LogP) is 2.95. The smallest absolute Gasteiger partial charge is 0.242 e. The molecule has 0 spiro atoms. The molecule has 0 radical (unpaired) electrons. The van der Waals surface area contributed by atoms with Gasteiger partial charge in [0.25, 0.3) is 0 Å². The minimum atomic E-state index is -3.51. The number of benzene rings is 1. The van der Waals surface area contributed by atoms with Gasteiger partial charge in [-0.15, -0.1) is 10.2 Å². The van der Waals surface area contributed by atoms with E-state index in [1.165, 1.54) is 10.4 Å². The van der Waals surface area contributed by atoms with Gasteiger partial charge in [0.2, 0.25) is 15.9 Å². The number of aromatic nitrogens is 3. The zero-order chi connectivity index (χ0) is 22.0. The van der Waals surface area contributed by atoms with Crippen molar-refractivity contribution >= 4 is 21.6 Å². The SMILES string of the molecule is CCCS(=O)(=O)N1CCCC1C(=O)Nc1cc(-c2nnc3n2CCCCC3)ccc1F. The molecule has 0 bridgehead atoms. The first-order chi connectivity index (χ1) is 14.9. The topological polar surface area (TPSA) is 97.2 Å². The largest absolute Gasteiger partial charge is 0.322 e. The van der Waals surface area contributed by atoms with Crippen LogP contribution < -0.4 is 5.32 Å². The molecular formula is C21H28FN5O3S. The Morgan fingerprint density at radius 2 is 2.03 bits per heavy atom. The highest BCUT2D eigenvalue weighted by molar-refractivity contribution is 7.89. The van der Waals surface area contributed by atoms with Gasteiger partial charge in [-0.1, -0.05) is 13.3 Å². The van der Waals surface area contributed by atoms with Gasteiger partial charge in [0, 0.05) is 25.1 Å². The first-order valence-corrected chi connectivity index (χ1v) is 12.5. The van der Waals surface area contributed by atoms with Crippen molar-refractivity contribution < 1.29 is 17.6 Å². The Kier molecular flexibility index (Phi) is 6.38. The molecule has 1 N–H and O–H groups in total. The number of nitrogens with zero attached hydrogens (tertiary/aromatic N) is 4. The van der Waals surface area contributed by atoms with Crippen molar-refractivity contribution in [2.45, 2.75) is 64.5 Å². The van der Waals surface area contributed by atoms with Crippen molar-refractivity contribution in [2.75, 3.05) is 17.6 Å². The van der Waals surface area contributed by atoms with Crippen LogP contribution in [0.3, 0.4) is 0 Å². The van der Waals surface area contributed by atoms with E-state index in [1.807, 2.05) is 0 Å². The second-order valence-corrected chi connectivity index (χ2v) is 10.2. The van der Waals surface area contributed by atoms with Crippen LogP contribution in [0.4, 0.5) is 10.1 Å². The minimum Gasteiger partial charge on any atom is -0.322 e. The number of amides is 1. The van der Waals surface area contributed by atoms with E-state index in [4.69, 9.17) is 0 Å². The van der Waals surface area contributed by atoms with Crippen LogP contribution in [0.2, 0.25) is 0 Å². The summed E-state index contributed by atoms with van der Waals surface area (Å²) < 4.78 is 42.8. The number of sulfonamides is 1. The van der Waals surface area contributed by atoms with Gasteiger partial charge in [0.05, 0.1) is 11.4 Å². The maximum atomic E-state index is 14.5. The number of carbonyl (C=O) groups excluding carboxylic acids is 1. The maximum absolute atomic E-state index is 14.5. The zero-order valence-electron chi connectivity index (χ0n) is 17.7. The average Bonchev–Trinajstić information content (AvgIpc) is 3.32. The molecule has 1 atom stereocenters. The second-order valence-electron chi connectivity index (χ2n) is 8.17. The van der Waals surface area contributed by atoms with Crippen LogP contribution in [-0.4, -0.2) is 51.7 Å².